The fraction of sp³-hybridized carbons (Fsp3) is 0.417. The highest BCUT2D eigenvalue weighted by Crippen LogP contribution is 2.15. The molecule has 0 saturated carbocycles. The molecule has 0 amide bonds. The van der Waals surface area contributed by atoms with Crippen molar-refractivity contribution in [2.45, 2.75) is 13.8 Å². The van der Waals surface area contributed by atoms with E-state index in [-0.39, 0.29) is 0 Å². The van der Waals surface area contributed by atoms with Crippen LogP contribution in [0.15, 0.2) is 29.3 Å². The van der Waals surface area contributed by atoms with Crippen LogP contribution in [0.25, 0.3) is 0 Å². The zero-order valence-corrected chi connectivity index (χ0v) is 9.40. The van der Waals surface area contributed by atoms with Crippen LogP contribution in [-0.2, 0) is 0 Å². The molecule has 0 aliphatic carbocycles. The van der Waals surface area contributed by atoms with Gasteiger partial charge in [0, 0.05) is 19.3 Å². The number of hydrogen-bond acceptors (Lipinski definition) is 3. The van der Waals surface area contributed by atoms with Crippen LogP contribution in [0, 0.1) is 5.92 Å². The standard InChI is InChI=1S/C12H19N3/c1-10(2)9-14-7-8-15-12-6-4-3-5-11(12)13/h3-7,10,15H,8-9,13H2,1-2H3. The van der Waals surface area contributed by atoms with E-state index in [1.165, 1.54) is 0 Å². The molecule has 1 aromatic rings. The van der Waals surface area contributed by atoms with Crippen LogP contribution in [-0.4, -0.2) is 19.3 Å². The van der Waals surface area contributed by atoms with Gasteiger partial charge in [-0.05, 0) is 18.1 Å². The zero-order valence-electron chi connectivity index (χ0n) is 9.40. The average Bonchev–Trinajstić information content (AvgIpc) is 2.20. The summed E-state index contributed by atoms with van der Waals surface area (Å²) in [6.45, 7) is 5.91. The quantitative estimate of drug-likeness (QED) is 0.573. The van der Waals surface area contributed by atoms with E-state index in [0.717, 1.165) is 24.5 Å². The molecule has 0 unspecified atom stereocenters. The molecule has 3 N–H and O–H groups in total. The summed E-state index contributed by atoms with van der Waals surface area (Å²) >= 11 is 0. The Hall–Kier alpha value is -1.51. The van der Waals surface area contributed by atoms with Gasteiger partial charge in [0.25, 0.3) is 0 Å². The number of hydrogen-bond donors (Lipinski definition) is 2. The van der Waals surface area contributed by atoms with Crippen LogP contribution in [0.2, 0.25) is 0 Å². The molecule has 0 aliphatic rings. The van der Waals surface area contributed by atoms with Gasteiger partial charge in [-0.1, -0.05) is 26.0 Å². The van der Waals surface area contributed by atoms with Gasteiger partial charge in [-0.25, -0.2) is 0 Å². The number of nitrogen functional groups attached to an aromatic ring is 1. The summed E-state index contributed by atoms with van der Waals surface area (Å²) < 4.78 is 0. The molecule has 15 heavy (non-hydrogen) atoms. The maximum Gasteiger partial charge on any atom is 0.0576 e. The highest BCUT2D eigenvalue weighted by Gasteiger charge is 1.93. The molecule has 0 heterocycles. The van der Waals surface area contributed by atoms with Gasteiger partial charge in [-0.3, -0.25) is 4.99 Å². The third-order valence-electron chi connectivity index (χ3n) is 1.94. The van der Waals surface area contributed by atoms with Gasteiger partial charge in [0.2, 0.25) is 0 Å². The molecule has 0 bridgehead atoms. The molecule has 0 aromatic heterocycles. The molecule has 1 aromatic carbocycles. The molecule has 1 rings (SSSR count). The molecule has 82 valence electrons. The van der Waals surface area contributed by atoms with E-state index in [2.05, 4.69) is 24.2 Å². The second kappa shape index (κ2) is 6.06. The third-order valence-corrected chi connectivity index (χ3v) is 1.94. The zero-order chi connectivity index (χ0) is 11.1. The SMILES string of the molecule is CC(C)CN=CCNc1ccccc1N. The number of benzene rings is 1. The van der Waals surface area contributed by atoms with Crippen molar-refractivity contribution in [3.05, 3.63) is 24.3 Å². The molecule has 0 spiro atoms. The van der Waals surface area contributed by atoms with Crippen molar-refractivity contribution in [3.63, 3.8) is 0 Å². The Bertz CT molecular complexity index is 318. The van der Waals surface area contributed by atoms with Crippen LogP contribution >= 0.6 is 0 Å². The van der Waals surface area contributed by atoms with Crippen molar-refractivity contribution in [2.75, 3.05) is 24.1 Å². The lowest BCUT2D eigenvalue weighted by molar-refractivity contribution is 0.667. The normalized spacial score (nSPS) is 11.1. The van der Waals surface area contributed by atoms with E-state index >= 15 is 0 Å². The summed E-state index contributed by atoms with van der Waals surface area (Å²) in [6.07, 6.45) is 1.90. The molecule has 0 fully saturated rings. The molecular formula is C12H19N3. The second-order valence-corrected chi connectivity index (χ2v) is 3.91. The average molecular weight is 205 g/mol. The minimum atomic E-state index is 0.614. The minimum absolute atomic E-state index is 0.614. The maximum atomic E-state index is 5.78. The van der Waals surface area contributed by atoms with Gasteiger partial charge in [0.1, 0.15) is 0 Å². The van der Waals surface area contributed by atoms with Crippen LogP contribution in [0.3, 0.4) is 0 Å². The molecule has 0 atom stereocenters. The van der Waals surface area contributed by atoms with Crippen molar-refractivity contribution in [2.24, 2.45) is 10.9 Å². The number of nitrogens with zero attached hydrogens (tertiary/aromatic N) is 1. The molecule has 3 heteroatoms. The topological polar surface area (TPSA) is 50.4 Å². The number of nitrogens with two attached hydrogens (primary N) is 1. The van der Waals surface area contributed by atoms with Gasteiger partial charge in [-0.2, -0.15) is 0 Å². The van der Waals surface area contributed by atoms with E-state index in [9.17, 15) is 0 Å². The van der Waals surface area contributed by atoms with Crippen LogP contribution in [0.1, 0.15) is 13.8 Å². The lowest BCUT2D eigenvalue weighted by Crippen LogP contribution is -2.05. The highest BCUT2D eigenvalue weighted by atomic mass is 14.9. The fourth-order valence-corrected chi connectivity index (χ4v) is 1.16. The summed E-state index contributed by atoms with van der Waals surface area (Å²) in [7, 11) is 0. The van der Waals surface area contributed by atoms with E-state index in [0.29, 0.717) is 5.92 Å². The molecule has 0 aliphatic heterocycles. The van der Waals surface area contributed by atoms with E-state index in [1.807, 2.05) is 30.5 Å². The van der Waals surface area contributed by atoms with E-state index in [4.69, 9.17) is 5.73 Å². The highest BCUT2D eigenvalue weighted by molar-refractivity contribution is 5.71. The van der Waals surface area contributed by atoms with Crippen molar-refractivity contribution >= 4 is 17.6 Å². The largest absolute Gasteiger partial charge is 0.397 e. The Morgan fingerprint density at radius 2 is 2.13 bits per heavy atom. The number of aliphatic imine (C=N–C) groups is 1. The van der Waals surface area contributed by atoms with E-state index in [1.54, 1.807) is 0 Å². The first kappa shape index (κ1) is 11.6. The van der Waals surface area contributed by atoms with E-state index < -0.39 is 0 Å². The molecular weight excluding hydrogens is 186 g/mol. The third kappa shape index (κ3) is 4.49. The monoisotopic (exact) mass is 205 g/mol. The first-order chi connectivity index (χ1) is 7.20. The van der Waals surface area contributed by atoms with Gasteiger partial charge < -0.3 is 11.1 Å². The predicted molar refractivity (Wildman–Crippen MR) is 67.5 cm³/mol. The van der Waals surface area contributed by atoms with Crippen molar-refractivity contribution < 1.29 is 0 Å². The van der Waals surface area contributed by atoms with Crippen LogP contribution < -0.4 is 11.1 Å². The lowest BCUT2D eigenvalue weighted by Gasteiger charge is -2.05. The molecule has 0 radical (unpaired) electrons. The number of anilines is 2. The minimum Gasteiger partial charge on any atom is -0.397 e. The Morgan fingerprint density at radius 3 is 2.80 bits per heavy atom. The summed E-state index contributed by atoms with van der Waals surface area (Å²) in [5.74, 6) is 0.614. The number of nitrogens with one attached hydrogen (secondary N) is 1. The second-order valence-electron chi connectivity index (χ2n) is 3.91. The Labute approximate surface area is 91.4 Å². The van der Waals surface area contributed by atoms with Crippen molar-refractivity contribution in [3.8, 4) is 0 Å². The lowest BCUT2D eigenvalue weighted by atomic mass is 10.2. The Kier molecular flexibility index (Phi) is 4.68. The van der Waals surface area contributed by atoms with Crippen molar-refractivity contribution in [1.29, 1.82) is 0 Å². The van der Waals surface area contributed by atoms with Crippen molar-refractivity contribution in [1.82, 2.24) is 0 Å². The maximum absolute atomic E-state index is 5.78. The molecule has 0 saturated heterocycles. The number of rotatable bonds is 5. The van der Waals surface area contributed by atoms with Gasteiger partial charge in [-0.15, -0.1) is 0 Å². The van der Waals surface area contributed by atoms with Crippen LogP contribution in [0.5, 0.6) is 0 Å². The summed E-state index contributed by atoms with van der Waals surface area (Å²) in [4.78, 5) is 4.29. The van der Waals surface area contributed by atoms with Gasteiger partial charge in [0.05, 0.1) is 11.4 Å². The number of para-hydroxylation sites is 2. The van der Waals surface area contributed by atoms with Crippen LogP contribution in [0.4, 0.5) is 11.4 Å². The van der Waals surface area contributed by atoms with Gasteiger partial charge >= 0.3 is 0 Å². The summed E-state index contributed by atoms with van der Waals surface area (Å²) in [5.41, 5.74) is 7.52. The Balaban J connectivity index is 2.32. The molecule has 3 nitrogen and oxygen atoms in total. The Morgan fingerprint density at radius 1 is 1.40 bits per heavy atom. The predicted octanol–water partition coefficient (Wildman–Crippen LogP) is 2.41. The first-order valence-corrected chi connectivity index (χ1v) is 5.27. The summed E-state index contributed by atoms with van der Waals surface area (Å²) in [5, 5.41) is 3.21. The summed E-state index contributed by atoms with van der Waals surface area (Å²) in [6, 6.07) is 7.73. The smallest absolute Gasteiger partial charge is 0.0576 e. The fourth-order valence-electron chi connectivity index (χ4n) is 1.16. The van der Waals surface area contributed by atoms with Gasteiger partial charge in [0.15, 0.2) is 0 Å². The first-order valence-electron chi connectivity index (χ1n) is 5.27.